The van der Waals surface area contributed by atoms with Crippen molar-refractivity contribution in [2.24, 2.45) is 0 Å². The van der Waals surface area contributed by atoms with Crippen molar-refractivity contribution in [2.45, 2.75) is 6.54 Å². The number of nitrogens with zero attached hydrogens (tertiary/aromatic N) is 2. The van der Waals surface area contributed by atoms with Crippen molar-refractivity contribution in [3.05, 3.63) is 102 Å². The highest BCUT2D eigenvalue weighted by Crippen LogP contribution is 2.24. The fraction of sp³-hybridized carbons (Fsp3) is 0.0833. The van der Waals surface area contributed by atoms with Gasteiger partial charge in [-0.1, -0.05) is 30.3 Å². The third-order valence-corrected chi connectivity index (χ3v) is 4.83. The Morgan fingerprint density at radius 1 is 1.03 bits per heavy atom. The molecule has 6 heteroatoms. The lowest BCUT2D eigenvalue weighted by atomic mass is 10.0. The number of imidazole rings is 1. The van der Waals surface area contributed by atoms with Crippen LogP contribution in [0.15, 0.2) is 85.5 Å². The summed E-state index contributed by atoms with van der Waals surface area (Å²) in [6.07, 6.45) is 5.28. The highest BCUT2D eigenvalue weighted by Gasteiger charge is 2.13. The Labute approximate surface area is 173 Å². The Hall–Kier alpha value is -3.93. The molecule has 3 aromatic carbocycles. The van der Waals surface area contributed by atoms with Crippen LogP contribution in [0.25, 0.3) is 16.8 Å². The quantitative estimate of drug-likeness (QED) is 0.513. The minimum Gasteiger partial charge on any atom is -0.497 e. The summed E-state index contributed by atoms with van der Waals surface area (Å²) in [6.45, 7) is 0.308. The van der Waals surface area contributed by atoms with Gasteiger partial charge in [-0.2, -0.15) is 0 Å². The van der Waals surface area contributed by atoms with E-state index in [9.17, 15) is 9.18 Å². The molecule has 0 unspecified atom stereocenters. The Morgan fingerprint density at radius 3 is 2.40 bits per heavy atom. The molecule has 5 nitrogen and oxygen atoms in total. The highest BCUT2D eigenvalue weighted by molar-refractivity contribution is 5.95. The van der Waals surface area contributed by atoms with E-state index in [1.807, 2.05) is 59.3 Å². The van der Waals surface area contributed by atoms with Crippen LogP contribution in [-0.4, -0.2) is 22.6 Å². The smallest absolute Gasteiger partial charge is 0.254 e. The van der Waals surface area contributed by atoms with E-state index in [4.69, 9.17) is 4.74 Å². The molecule has 30 heavy (non-hydrogen) atoms. The summed E-state index contributed by atoms with van der Waals surface area (Å²) in [5.74, 6) is -0.281. The van der Waals surface area contributed by atoms with Gasteiger partial charge in [0.1, 0.15) is 11.6 Å². The van der Waals surface area contributed by atoms with Gasteiger partial charge >= 0.3 is 0 Å². The second-order valence-corrected chi connectivity index (χ2v) is 6.74. The molecule has 0 aliphatic rings. The molecule has 0 fully saturated rings. The van der Waals surface area contributed by atoms with Crippen molar-refractivity contribution in [2.75, 3.05) is 7.11 Å². The topological polar surface area (TPSA) is 56.1 Å². The number of amides is 1. The maximum absolute atomic E-state index is 14.6. The normalized spacial score (nSPS) is 10.6. The minimum absolute atomic E-state index is 0.0160. The fourth-order valence-electron chi connectivity index (χ4n) is 3.14. The third-order valence-electron chi connectivity index (χ3n) is 4.83. The van der Waals surface area contributed by atoms with Gasteiger partial charge in [-0.3, -0.25) is 4.79 Å². The summed E-state index contributed by atoms with van der Waals surface area (Å²) in [6, 6.07) is 19.6. The Kier molecular flexibility index (Phi) is 5.57. The first-order valence-electron chi connectivity index (χ1n) is 9.43. The lowest BCUT2D eigenvalue weighted by Gasteiger charge is -2.09. The van der Waals surface area contributed by atoms with Crippen LogP contribution in [0.3, 0.4) is 0 Å². The van der Waals surface area contributed by atoms with E-state index in [2.05, 4.69) is 10.3 Å². The predicted molar refractivity (Wildman–Crippen MR) is 113 cm³/mol. The van der Waals surface area contributed by atoms with Gasteiger partial charge < -0.3 is 14.6 Å². The molecule has 0 aliphatic carbocycles. The van der Waals surface area contributed by atoms with Crippen LogP contribution in [0.5, 0.6) is 5.75 Å². The van der Waals surface area contributed by atoms with Gasteiger partial charge in [0.25, 0.3) is 5.91 Å². The van der Waals surface area contributed by atoms with Gasteiger partial charge in [0, 0.05) is 24.6 Å². The molecule has 4 aromatic rings. The van der Waals surface area contributed by atoms with E-state index in [0.717, 1.165) is 22.6 Å². The van der Waals surface area contributed by atoms with Crippen molar-refractivity contribution >= 4 is 5.91 Å². The zero-order valence-corrected chi connectivity index (χ0v) is 16.4. The minimum atomic E-state index is -0.559. The summed E-state index contributed by atoms with van der Waals surface area (Å²) >= 11 is 0. The number of aromatic nitrogens is 2. The van der Waals surface area contributed by atoms with Crippen molar-refractivity contribution in [1.29, 1.82) is 0 Å². The molecule has 1 heterocycles. The van der Waals surface area contributed by atoms with Crippen molar-refractivity contribution < 1.29 is 13.9 Å². The molecule has 0 aliphatic heterocycles. The molecule has 0 bridgehead atoms. The van der Waals surface area contributed by atoms with Crippen LogP contribution in [0, 0.1) is 5.82 Å². The van der Waals surface area contributed by atoms with Crippen molar-refractivity contribution in [3.8, 4) is 22.6 Å². The number of methoxy groups -OCH3 is 1. The molecular formula is C24H20FN3O2. The van der Waals surface area contributed by atoms with Gasteiger partial charge in [0.2, 0.25) is 0 Å². The number of nitrogens with one attached hydrogen (secondary N) is 1. The van der Waals surface area contributed by atoms with Gasteiger partial charge in [0.05, 0.1) is 19.0 Å². The van der Waals surface area contributed by atoms with E-state index < -0.39 is 11.7 Å². The lowest BCUT2D eigenvalue weighted by Crippen LogP contribution is -2.23. The molecule has 150 valence electrons. The number of carbonyl (C=O) groups is 1. The summed E-state index contributed by atoms with van der Waals surface area (Å²) in [7, 11) is 1.59. The largest absolute Gasteiger partial charge is 0.497 e. The third kappa shape index (κ3) is 4.22. The average molecular weight is 401 g/mol. The van der Waals surface area contributed by atoms with Gasteiger partial charge in [0.15, 0.2) is 0 Å². The van der Waals surface area contributed by atoms with E-state index in [0.29, 0.717) is 12.1 Å². The summed E-state index contributed by atoms with van der Waals surface area (Å²) in [5.41, 5.74) is 3.45. The Balaban J connectivity index is 1.41. The van der Waals surface area contributed by atoms with Gasteiger partial charge in [-0.15, -0.1) is 0 Å². The summed E-state index contributed by atoms with van der Waals surface area (Å²) in [4.78, 5) is 16.5. The average Bonchev–Trinajstić information content (AvgIpc) is 3.33. The molecule has 0 saturated carbocycles. The van der Waals surface area contributed by atoms with Gasteiger partial charge in [-0.05, 0) is 53.1 Å². The van der Waals surface area contributed by atoms with E-state index in [1.165, 1.54) is 12.1 Å². The van der Waals surface area contributed by atoms with Crippen LogP contribution in [-0.2, 0) is 6.54 Å². The lowest BCUT2D eigenvalue weighted by molar-refractivity contribution is 0.0947. The Morgan fingerprint density at radius 2 is 1.77 bits per heavy atom. The molecule has 1 amide bonds. The molecule has 4 rings (SSSR count). The first-order valence-corrected chi connectivity index (χ1v) is 9.43. The van der Waals surface area contributed by atoms with Crippen molar-refractivity contribution in [1.82, 2.24) is 14.9 Å². The number of ether oxygens (including phenoxy) is 1. The van der Waals surface area contributed by atoms with Crippen LogP contribution in [0.1, 0.15) is 15.9 Å². The number of hydrogen-bond acceptors (Lipinski definition) is 3. The second kappa shape index (κ2) is 8.61. The van der Waals surface area contributed by atoms with Crippen molar-refractivity contribution in [3.63, 3.8) is 0 Å². The van der Waals surface area contributed by atoms with Crippen LogP contribution >= 0.6 is 0 Å². The number of carbonyl (C=O) groups excluding carboxylic acids is 1. The zero-order valence-electron chi connectivity index (χ0n) is 16.4. The maximum atomic E-state index is 14.6. The number of benzene rings is 3. The highest BCUT2D eigenvalue weighted by atomic mass is 19.1. The monoisotopic (exact) mass is 401 g/mol. The van der Waals surface area contributed by atoms with E-state index in [-0.39, 0.29) is 5.56 Å². The van der Waals surface area contributed by atoms with Crippen LogP contribution in [0.4, 0.5) is 4.39 Å². The van der Waals surface area contributed by atoms with Crippen LogP contribution in [0.2, 0.25) is 0 Å². The first kappa shape index (κ1) is 19.4. The van der Waals surface area contributed by atoms with E-state index >= 15 is 0 Å². The molecular weight excluding hydrogens is 381 g/mol. The Bertz CT molecular complexity index is 1140. The first-order chi connectivity index (χ1) is 14.6. The molecule has 0 saturated heterocycles. The number of rotatable bonds is 6. The molecule has 0 atom stereocenters. The summed E-state index contributed by atoms with van der Waals surface area (Å²) < 4.78 is 21.6. The second-order valence-electron chi connectivity index (χ2n) is 6.74. The fourth-order valence-corrected chi connectivity index (χ4v) is 3.14. The molecule has 0 radical (unpaired) electrons. The number of halogens is 1. The predicted octanol–water partition coefficient (Wildman–Crippen LogP) is 4.62. The number of hydrogen-bond donors (Lipinski definition) is 1. The maximum Gasteiger partial charge on any atom is 0.254 e. The standard InChI is InChI=1S/C24H20FN3O2/c1-30-21-9-4-18(5-10-21)19-6-11-22(23(25)14-19)24(29)27-15-17-2-7-20(8-3-17)28-13-12-26-16-28/h2-14,16H,15H2,1H3,(H,27,29). The van der Waals surface area contributed by atoms with Gasteiger partial charge in [-0.25, -0.2) is 9.37 Å². The van der Waals surface area contributed by atoms with Crippen LogP contribution < -0.4 is 10.1 Å². The molecule has 1 aromatic heterocycles. The molecule has 1 N–H and O–H groups in total. The SMILES string of the molecule is COc1ccc(-c2ccc(C(=O)NCc3ccc(-n4ccnc4)cc3)c(F)c2)cc1. The summed E-state index contributed by atoms with van der Waals surface area (Å²) in [5, 5.41) is 2.77. The zero-order chi connectivity index (χ0) is 20.9. The van der Waals surface area contributed by atoms with E-state index in [1.54, 1.807) is 25.7 Å². The molecule has 0 spiro atoms.